The molecule has 4 unspecified atom stereocenters. The van der Waals surface area contributed by atoms with Gasteiger partial charge in [-0.05, 0) is 49.1 Å². The molecule has 1 heteroatoms. The standard InChI is InChI=1S/C17H25N/c1-12(2)11-18-17-15-9-8-14(10-15)16(17)13-6-4-3-5-7-13/h3-7,12,14-18H,8-11H2,1-2H3. The van der Waals surface area contributed by atoms with Gasteiger partial charge in [0.05, 0.1) is 0 Å². The Labute approximate surface area is 111 Å². The van der Waals surface area contributed by atoms with Crippen LogP contribution in [0.1, 0.15) is 44.6 Å². The molecule has 4 atom stereocenters. The van der Waals surface area contributed by atoms with Crippen molar-refractivity contribution in [2.24, 2.45) is 17.8 Å². The van der Waals surface area contributed by atoms with E-state index in [-0.39, 0.29) is 0 Å². The average Bonchev–Trinajstić information content (AvgIpc) is 2.97. The van der Waals surface area contributed by atoms with Crippen molar-refractivity contribution >= 4 is 0 Å². The summed E-state index contributed by atoms with van der Waals surface area (Å²) in [4.78, 5) is 0. The summed E-state index contributed by atoms with van der Waals surface area (Å²) in [5.41, 5.74) is 1.56. The zero-order chi connectivity index (χ0) is 12.5. The van der Waals surface area contributed by atoms with E-state index >= 15 is 0 Å². The Hall–Kier alpha value is -0.820. The van der Waals surface area contributed by atoms with Crippen LogP contribution in [-0.2, 0) is 0 Å². The van der Waals surface area contributed by atoms with Gasteiger partial charge in [-0.25, -0.2) is 0 Å². The molecule has 1 aromatic rings. The molecular weight excluding hydrogens is 218 g/mol. The van der Waals surface area contributed by atoms with Crippen molar-refractivity contribution in [1.82, 2.24) is 5.32 Å². The van der Waals surface area contributed by atoms with Crippen molar-refractivity contribution in [2.75, 3.05) is 6.54 Å². The van der Waals surface area contributed by atoms with Gasteiger partial charge in [0.25, 0.3) is 0 Å². The normalized spacial score (nSPS) is 34.4. The molecule has 2 fully saturated rings. The average molecular weight is 243 g/mol. The van der Waals surface area contributed by atoms with E-state index in [9.17, 15) is 0 Å². The van der Waals surface area contributed by atoms with Gasteiger partial charge >= 0.3 is 0 Å². The van der Waals surface area contributed by atoms with Crippen molar-refractivity contribution in [3.8, 4) is 0 Å². The first kappa shape index (κ1) is 12.2. The lowest BCUT2D eigenvalue weighted by atomic mass is 9.79. The minimum atomic E-state index is 0.730. The van der Waals surface area contributed by atoms with Crippen molar-refractivity contribution in [3.63, 3.8) is 0 Å². The number of benzene rings is 1. The van der Waals surface area contributed by atoms with Crippen LogP contribution in [0, 0.1) is 17.8 Å². The van der Waals surface area contributed by atoms with Gasteiger partial charge in [-0.2, -0.15) is 0 Å². The lowest BCUT2D eigenvalue weighted by molar-refractivity contribution is 0.300. The number of rotatable bonds is 4. The quantitative estimate of drug-likeness (QED) is 0.848. The number of fused-ring (bicyclic) bond motifs is 2. The third-order valence-corrected chi connectivity index (χ3v) is 4.86. The Morgan fingerprint density at radius 2 is 1.83 bits per heavy atom. The first-order chi connectivity index (χ1) is 8.75. The van der Waals surface area contributed by atoms with Gasteiger partial charge < -0.3 is 5.32 Å². The predicted octanol–water partition coefficient (Wildman–Crippen LogP) is 3.81. The van der Waals surface area contributed by atoms with Gasteiger partial charge in [-0.3, -0.25) is 0 Å². The Kier molecular flexibility index (Phi) is 3.43. The van der Waals surface area contributed by atoms with E-state index in [1.165, 1.54) is 19.3 Å². The maximum absolute atomic E-state index is 3.86. The second-order valence-electron chi connectivity index (χ2n) is 6.60. The first-order valence-electron chi connectivity index (χ1n) is 7.54. The highest BCUT2D eigenvalue weighted by atomic mass is 14.9. The Balaban J connectivity index is 1.78. The number of hydrogen-bond acceptors (Lipinski definition) is 1. The molecule has 0 spiro atoms. The molecule has 98 valence electrons. The summed E-state index contributed by atoms with van der Waals surface area (Å²) in [7, 11) is 0. The molecule has 1 N–H and O–H groups in total. The second kappa shape index (κ2) is 5.05. The summed E-state index contributed by atoms with van der Waals surface area (Å²) in [5.74, 6) is 3.38. The molecule has 2 bridgehead atoms. The first-order valence-corrected chi connectivity index (χ1v) is 7.54. The van der Waals surface area contributed by atoms with Crippen molar-refractivity contribution in [2.45, 2.75) is 45.1 Å². The largest absolute Gasteiger partial charge is 0.313 e. The van der Waals surface area contributed by atoms with Crippen LogP contribution >= 0.6 is 0 Å². The maximum atomic E-state index is 3.86. The highest BCUT2D eigenvalue weighted by molar-refractivity contribution is 5.26. The molecule has 2 aliphatic rings. The molecule has 2 saturated carbocycles. The summed E-state index contributed by atoms with van der Waals surface area (Å²) in [6, 6.07) is 11.9. The molecule has 0 heterocycles. The number of nitrogens with one attached hydrogen (secondary N) is 1. The molecule has 0 saturated heterocycles. The molecule has 2 aliphatic carbocycles. The van der Waals surface area contributed by atoms with E-state index in [1.807, 2.05) is 0 Å². The molecule has 0 aliphatic heterocycles. The zero-order valence-electron chi connectivity index (χ0n) is 11.6. The van der Waals surface area contributed by atoms with Crippen molar-refractivity contribution in [1.29, 1.82) is 0 Å². The minimum absolute atomic E-state index is 0.730. The lowest BCUT2D eigenvalue weighted by Gasteiger charge is -2.33. The van der Waals surface area contributed by atoms with E-state index in [1.54, 1.807) is 5.56 Å². The summed E-state index contributed by atoms with van der Waals surface area (Å²) >= 11 is 0. The van der Waals surface area contributed by atoms with Gasteiger partial charge in [0, 0.05) is 12.0 Å². The van der Waals surface area contributed by atoms with E-state index in [2.05, 4.69) is 49.5 Å². The van der Waals surface area contributed by atoms with E-state index in [0.29, 0.717) is 0 Å². The van der Waals surface area contributed by atoms with E-state index in [0.717, 1.165) is 36.3 Å². The molecule has 1 aromatic carbocycles. The van der Waals surface area contributed by atoms with Crippen LogP contribution in [0.3, 0.4) is 0 Å². The Morgan fingerprint density at radius 3 is 2.56 bits per heavy atom. The molecule has 0 radical (unpaired) electrons. The van der Waals surface area contributed by atoms with Crippen LogP contribution in [0.5, 0.6) is 0 Å². The fourth-order valence-corrected chi connectivity index (χ4v) is 4.11. The van der Waals surface area contributed by atoms with Crippen LogP contribution in [0.2, 0.25) is 0 Å². The summed E-state index contributed by atoms with van der Waals surface area (Å²) in [5, 5.41) is 3.86. The summed E-state index contributed by atoms with van der Waals surface area (Å²) in [6.07, 6.45) is 4.35. The van der Waals surface area contributed by atoms with Crippen molar-refractivity contribution < 1.29 is 0 Å². The van der Waals surface area contributed by atoms with Gasteiger partial charge in [0.15, 0.2) is 0 Å². The molecule has 3 rings (SSSR count). The third-order valence-electron chi connectivity index (χ3n) is 4.86. The lowest BCUT2D eigenvalue weighted by Crippen LogP contribution is -2.41. The fourth-order valence-electron chi connectivity index (χ4n) is 4.11. The smallest absolute Gasteiger partial charge is 0.0167 e. The highest BCUT2D eigenvalue weighted by Gasteiger charge is 2.47. The third kappa shape index (κ3) is 2.21. The van der Waals surface area contributed by atoms with Crippen LogP contribution in [0.15, 0.2) is 30.3 Å². The predicted molar refractivity (Wildman–Crippen MR) is 76.6 cm³/mol. The molecule has 0 aromatic heterocycles. The van der Waals surface area contributed by atoms with Crippen LogP contribution < -0.4 is 5.32 Å². The number of hydrogen-bond donors (Lipinski definition) is 1. The van der Waals surface area contributed by atoms with E-state index in [4.69, 9.17) is 0 Å². The monoisotopic (exact) mass is 243 g/mol. The van der Waals surface area contributed by atoms with Crippen LogP contribution in [0.4, 0.5) is 0 Å². The Bertz CT molecular complexity index is 384. The Morgan fingerprint density at radius 1 is 1.11 bits per heavy atom. The van der Waals surface area contributed by atoms with Gasteiger partial charge in [-0.15, -0.1) is 0 Å². The van der Waals surface area contributed by atoms with Gasteiger partial charge in [0.1, 0.15) is 0 Å². The maximum Gasteiger partial charge on any atom is 0.0167 e. The SMILES string of the molecule is CC(C)CNC1C2CCC(C2)C1c1ccccc1. The fraction of sp³-hybridized carbons (Fsp3) is 0.647. The van der Waals surface area contributed by atoms with Gasteiger partial charge in [-0.1, -0.05) is 44.2 Å². The van der Waals surface area contributed by atoms with Gasteiger partial charge in [0.2, 0.25) is 0 Å². The summed E-state index contributed by atoms with van der Waals surface area (Å²) < 4.78 is 0. The topological polar surface area (TPSA) is 12.0 Å². The van der Waals surface area contributed by atoms with Crippen LogP contribution in [-0.4, -0.2) is 12.6 Å². The highest BCUT2D eigenvalue weighted by Crippen LogP contribution is 2.52. The molecular formula is C17H25N. The van der Waals surface area contributed by atoms with Crippen LogP contribution in [0.25, 0.3) is 0 Å². The molecule has 1 nitrogen and oxygen atoms in total. The second-order valence-corrected chi connectivity index (χ2v) is 6.60. The molecule has 0 amide bonds. The summed E-state index contributed by atoms with van der Waals surface area (Å²) in [6.45, 7) is 5.77. The van der Waals surface area contributed by atoms with Crippen molar-refractivity contribution in [3.05, 3.63) is 35.9 Å². The minimum Gasteiger partial charge on any atom is -0.313 e. The molecule has 18 heavy (non-hydrogen) atoms. The zero-order valence-corrected chi connectivity index (χ0v) is 11.6. The van der Waals surface area contributed by atoms with E-state index < -0.39 is 0 Å².